The molecule has 1 N–H and O–H groups in total. The molecule has 5 heteroatoms. The summed E-state index contributed by atoms with van der Waals surface area (Å²) in [6.45, 7) is 2.10. The predicted octanol–water partition coefficient (Wildman–Crippen LogP) is 2.57. The first-order chi connectivity index (χ1) is 9.22. The van der Waals surface area contributed by atoms with Gasteiger partial charge in [0, 0.05) is 5.69 Å². The van der Waals surface area contributed by atoms with Gasteiger partial charge in [0.1, 0.15) is 5.82 Å². The van der Waals surface area contributed by atoms with Gasteiger partial charge in [-0.1, -0.05) is 19.1 Å². The molecule has 2 aromatic rings. The molecule has 1 heterocycles. The van der Waals surface area contributed by atoms with Gasteiger partial charge >= 0.3 is 5.97 Å². The Labute approximate surface area is 111 Å². The van der Waals surface area contributed by atoms with Crippen LogP contribution in [0.15, 0.2) is 36.7 Å². The van der Waals surface area contributed by atoms with Crippen LogP contribution in [0.25, 0.3) is 0 Å². The monoisotopic (exact) mass is 257 g/mol. The van der Waals surface area contributed by atoms with E-state index in [1.165, 1.54) is 18.9 Å². The summed E-state index contributed by atoms with van der Waals surface area (Å²) in [6.07, 6.45) is 3.93. The molecule has 0 aliphatic heterocycles. The van der Waals surface area contributed by atoms with Crippen molar-refractivity contribution in [3.63, 3.8) is 0 Å². The highest BCUT2D eigenvalue weighted by Crippen LogP contribution is 2.15. The summed E-state index contributed by atoms with van der Waals surface area (Å²) in [6, 6.07) is 8.01. The van der Waals surface area contributed by atoms with Gasteiger partial charge in [0.25, 0.3) is 0 Å². The molecule has 19 heavy (non-hydrogen) atoms. The van der Waals surface area contributed by atoms with Crippen molar-refractivity contribution in [3.05, 3.63) is 47.9 Å². The highest BCUT2D eigenvalue weighted by atomic mass is 16.5. The summed E-state index contributed by atoms with van der Waals surface area (Å²) in [5.74, 6) is 0.00429. The van der Waals surface area contributed by atoms with Crippen molar-refractivity contribution in [1.29, 1.82) is 0 Å². The fourth-order valence-corrected chi connectivity index (χ4v) is 1.60. The highest BCUT2D eigenvalue weighted by Gasteiger charge is 2.08. The first-order valence-electron chi connectivity index (χ1n) is 5.99. The van der Waals surface area contributed by atoms with E-state index in [9.17, 15) is 4.79 Å². The van der Waals surface area contributed by atoms with Crippen molar-refractivity contribution in [2.75, 3.05) is 12.4 Å². The van der Waals surface area contributed by atoms with E-state index in [-0.39, 0.29) is 5.69 Å². The van der Waals surface area contributed by atoms with Crippen LogP contribution < -0.4 is 5.32 Å². The van der Waals surface area contributed by atoms with Gasteiger partial charge in [0.15, 0.2) is 5.69 Å². The third-order valence-corrected chi connectivity index (χ3v) is 2.66. The summed E-state index contributed by atoms with van der Waals surface area (Å²) < 4.78 is 4.60. The van der Waals surface area contributed by atoms with Gasteiger partial charge in [-0.05, 0) is 24.1 Å². The summed E-state index contributed by atoms with van der Waals surface area (Å²) >= 11 is 0. The molecule has 0 amide bonds. The number of ether oxygens (including phenoxy) is 1. The zero-order valence-corrected chi connectivity index (χ0v) is 10.9. The van der Waals surface area contributed by atoms with Crippen LogP contribution in [-0.4, -0.2) is 23.0 Å². The molecule has 1 aromatic heterocycles. The molecular formula is C14H15N3O2. The van der Waals surface area contributed by atoms with Crippen LogP contribution in [0.1, 0.15) is 23.0 Å². The quantitative estimate of drug-likeness (QED) is 0.853. The normalized spacial score (nSPS) is 10.0. The number of rotatable bonds is 4. The Hall–Kier alpha value is -2.43. The number of carbonyl (C=O) groups excluding carboxylic acids is 1. The third kappa shape index (κ3) is 3.28. The van der Waals surface area contributed by atoms with Crippen LogP contribution in [0, 0.1) is 0 Å². The van der Waals surface area contributed by atoms with E-state index >= 15 is 0 Å². The van der Waals surface area contributed by atoms with Gasteiger partial charge < -0.3 is 10.1 Å². The number of esters is 1. The smallest absolute Gasteiger partial charge is 0.358 e. The van der Waals surface area contributed by atoms with Crippen LogP contribution in [0.2, 0.25) is 0 Å². The summed E-state index contributed by atoms with van der Waals surface area (Å²) in [4.78, 5) is 19.4. The Balaban J connectivity index is 2.16. The largest absolute Gasteiger partial charge is 0.464 e. The Kier molecular flexibility index (Phi) is 4.07. The molecule has 0 aliphatic carbocycles. The molecule has 0 atom stereocenters. The van der Waals surface area contributed by atoms with Crippen molar-refractivity contribution in [3.8, 4) is 0 Å². The average molecular weight is 257 g/mol. The molecule has 0 radical (unpaired) electrons. The summed E-state index contributed by atoms with van der Waals surface area (Å²) in [7, 11) is 1.31. The SMILES string of the molecule is CCc1ccc(Nc2cncc(C(=O)OC)n2)cc1. The molecule has 0 saturated heterocycles. The number of carbonyl (C=O) groups is 1. The topological polar surface area (TPSA) is 64.1 Å². The maximum absolute atomic E-state index is 11.3. The van der Waals surface area contributed by atoms with E-state index in [4.69, 9.17) is 0 Å². The van der Waals surface area contributed by atoms with Gasteiger partial charge in [-0.25, -0.2) is 9.78 Å². The molecule has 2 rings (SSSR count). The van der Waals surface area contributed by atoms with Crippen molar-refractivity contribution in [2.24, 2.45) is 0 Å². The lowest BCUT2D eigenvalue weighted by molar-refractivity contribution is 0.0593. The van der Waals surface area contributed by atoms with E-state index in [2.05, 4.69) is 26.9 Å². The average Bonchev–Trinajstić information content (AvgIpc) is 2.47. The molecular weight excluding hydrogens is 242 g/mol. The number of benzene rings is 1. The Morgan fingerprint density at radius 2 is 2.00 bits per heavy atom. The lowest BCUT2D eigenvalue weighted by Crippen LogP contribution is -2.06. The maximum Gasteiger partial charge on any atom is 0.358 e. The van der Waals surface area contributed by atoms with E-state index in [1.54, 1.807) is 6.20 Å². The van der Waals surface area contributed by atoms with Crippen molar-refractivity contribution in [2.45, 2.75) is 13.3 Å². The second-order valence-electron chi connectivity index (χ2n) is 3.96. The zero-order chi connectivity index (χ0) is 13.7. The molecule has 98 valence electrons. The number of hydrogen-bond donors (Lipinski definition) is 1. The Bertz CT molecular complexity index is 567. The fraction of sp³-hybridized carbons (Fsp3) is 0.214. The van der Waals surface area contributed by atoms with E-state index < -0.39 is 5.97 Å². The van der Waals surface area contributed by atoms with Gasteiger partial charge in [0.2, 0.25) is 0 Å². The molecule has 0 unspecified atom stereocenters. The number of aryl methyl sites for hydroxylation is 1. The highest BCUT2D eigenvalue weighted by molar-refractivity contribution is 5.87. The van der Waals surface area contributed by atoms with Crippen LogP contribution in [-0.2, 0) is 11.2 Å². The van der Waals surface area contributed by atoms with Crippen LogP contribution in [0.4, 0.5) is 11.5 Å². The molecule has 0 spiro atoms. The molecule has 0 saturated carbocycles. The second-order valence-corrected chi connectivity index (χ2v) is 3.96. The van der Waals surface area contributed by atoms with Gasteiger partial charge in [0.05, 0.1) is 19.5 Å². The van der Waals surface area contributed by atoms with E-state index in [1.807, 2.05) is 24.3 Å². The number of nitrogens with one attached hydrogen (secondary N) is 1. The van der Waals surface area contributed by atoms with Gasteiger partial charge in [-0.15, -0.1) is 0 Å². The van der Waals surface area contributed by atoms with E-state index in [0.717, 1.165) is 12.1 Å². The minimum absolute atomic E-state index is 0.178. The Morgan fingerprint density at radius 3 is 2.63 bits per heavy atom. The number of anilines is 2. The van der Waals surface area contributed by atoms with Crippen LogP contribution in [0.3, 0.4) is 0 Å². The molecule has 1 aromatic carbocycles. The molecule has 0 aliphatic rings. The lowest BCUT2D eigenvalue weighted by atomic mass is 10.1. The lowest BCUT2D eigenvalue weighted by Gasteiger charge is -2.06. The first-order valence-corrected chi connectivity index (χ1v) is 5.99. The predicted molar refractivity (Wildman–Crippen MR) is 72.5 cm³/mol. The van der Waals surface area contributed by atoms with Gasteiger partial charge in [-0.3, -0.25) is 4.98 Å². The number of nitrogens with zero attached hydrogens (tertiary/aromatic N) is 2. The van der Waals surface area contributed by atoms with Crippen LogP contribution >= 0.6 is 0 Å². The molecule has 5 nitrogen and oxygen atoms in total. The van der Waals surface area contributed by atoms with Crippen molar-refractivity contribution >= 4 is 17.5 Å². The third-order valence-electron chi connectivity index (χ3n) is 2.66. The van der Waals surface area contributed by atoms with Crippen molar-refractivity contribution < 1.29 is 9.53 Å². The maximum atomic E-state index is 11.3. The first kappa shape index (κ1) is 13.0. The number of hydrogen-bond acceptors (Lipinski definition) is 5. The molecule has 0 bridgehead atoms. The fourth-order valence-electron chi connectivity index (χ4n) is 1.60. The minimum atomic E-state index is -0.502. The van der Waals surface area contributed by atoms with Gasteiger partial charge in [-0.2, -0.15) is 0 Å². The summed E-state index contributed by atoms with van der Waals surface area (Å²) in [5.41, 5.74) is 2.34. The van der Waals surface area contributed by atoms with Crippen LogP contribution in [0.5, 0.6) is 0 Å². The number of aromatic nitrogens is 2. The van der Waals surface area contributed by atoms with Crippen molar-refractivity contribution in [1.82, 2.24) is 9.97 Å². The minimum Gasteiger partial charge on any atom is -0.464 e. The zero-order valence-electron chi connectivity index (χ0n) is 10.9. The summed E-state index contributed by atoms with van der Waals surface area (Å²) in [5, 5.41) is 3.09. The second kappa shape index (κ2) is 5.95. The standard InChI is InChI=1S/C14H15N3O2/c1-3-10-4-6-11(7-5-10)16-13-9-15-8-12(17-13)14(18)19-2/h4-9H,3H2,1-2H3,(H,16,17). The van der Waals surface area contributed by atoms with E-state index in [0.29, 0.717) is 5.82 Å². The number of methoxy groups -OCH3 is 1. The molecule has 0 fully saturated rings. The Morgan fingerprint density at radius 1 is 1.26 bits per heavy atom.